The highest BCUT2D eigenvalue weighted by molar-refractivity contribution is 5.83. The predicted octanol–water partition coefficient (Wildman–Crippen LogP) is 5.05. The number of halogens is 1. The minimum Gasteiger partial charge on any atom is -0.490 e. The second-order valence-corrected chi connectivity index (χ2v) is 9.26. The van der Waals surface area contributed by atoms with Gasteiger partial charge < -0.3 is 14.2 Å². The minimum atomic E-state index is -0.116. The summed E-state index contributed by atoms with van der Waals surface area (Å²) in [6, 6.07) is 16.5. The summed E-state index contributed by atoms with van der Waals surface area (Å²) in [5, 5.41) is 1.24. The van der Waals surface area contributed by atoms with Crippen LogP contribution in [0.25, 0.3) is 10.9 Å². The molecule has 31 heavy (non-hydrogen) atoms. The fraction of sp³-hybridized carbons (Fsp3) is 0.462. The first-order chi connectivity index (χ1) is 15.1. The van der Waals surface area contributed by atoms with E-state index >= 15 is 0 Å². The molecule has 2 aliphatic rings. The Hall–Kier alpha value is -2.37. The van der Waals surface area contributed by atoms with Gasteiger partial charge in [0.1, 0.15) is 17.7 Å². The number of ether oxygens (including phenoxy) is 1. The van der Waals surface area contributed by atoms with Crippen LogP contribution in [0.1, 0.15) is 37.9 Å². The summed E-state index contributed by atoms with van der Waals surface area (Å²) in [5.74, 6) is 0.858. The fourth-order valence-corrected chi connectivity index (χ4v) is 5.03. The molecule has 0 saturated carbocycles. The number of aromatic nitrogens is 1. The fourth-order valence-electron chi connectivity index (χ4n) is 5.03. The van der Waals surface area contributed by atoms with Crippen molar-refractivity contribution in [1.82, 2.24) is 14.4 Å². The lowest BCUT2D eigenvalue weighted by Crippen LogP contribution is -2.41. The molecule has 0 bridgehead atoms. The van der Waals surface area contributed by atoms with E-state index in [1.54, 1.807) is 12.1 Å². The van der Waals surface area contributed by atoms with Gasteiger partial charge in [0.15, 0.2) is 0 Å². The summed E-state index contributed by atoms with van der Waals surface area (Å²) in [7, 11) is 0. The monoisotopic (exact) mass is 421 g/mol. The van der Waals surface area contributed by atoms with Gasteiger partial charge in [-0.2, -0.15) is 0 Å². The Kier molecular flexibility index (Phi) is 5.72. The molecular weight excluding hydrogens is 389 g/mol. The topological polar surface area (TPSA) is 20.6 Å². The maximum atomic E-state index is 14.1. The van der Waals surface area contributed by atoms with Crippen LogP contribution in [0.5, 0.6) is 5.75 Å². The van der Waals surface area contributed by atoms with Crippen molar-refractivity contribution in [2.24, 2.45) is 0 Å². The van der Waals surface area contributed by atoms with Gasteiger partial charge in [0.2, 0.25) is 0 Å². The average Bonchev–Trinajstić information content (AvgIpc) is 3.12. The van der Waals surface area contributed by atoms with E-state index in [2.05, 4.69) is 52.5 Å². The van der Waals surface area contributed by atoms with Crippen molar-refractivity contribution in [3.63, 3.8) is 0 Å². The van der Waals surface area contributed by atoms with Crippen LogP contribution in [0.4, 0.5) is 4.39 Å². The second-order valence-electron chi connectivity index (χ2n) is 9.26. The largest absolute Gasteiger partial charge is 0.490 e. The van der Waals surface area contributed by atoms with Crippen LogP contribution in [0.3, 0.4) is 0 Å². The zero-order chi connectivity index (χ0) is 21.4. The Balaban J connectivity index is 1.27. The molecule has 2 aliphatic heterocycles. The van der Waals surface area contributed by atoms with E-state index in [4.69, 9.17) is 4.74 Å². The number of rotatable bonds is 5. The molecule has 1 aromatic heterocycles. The molecule has 0 amide bonds. The predicted molar refractivity (Wildman–Crippen MR) is 123 cm³/mol. The van der Waals surface area contributed by atoms with Gasteiger partial charge in [0.05, 0.1) is 0 Å². The van der Waals surface area contributed by atoms with Gasteiger partial charge in [0.25, 0.3) is 0 Å². The maximum Gasteiger partial charge on any atom is 0.127 e. The molecule has 5 rings (SSSR count). The SMILES string of the molecule is CC(C)N1CCC(Oc2ccc3c(c2)cc2n3CCN(Cc3ccccc3F)C2)CC1. The molecule has 0 radical (unpaired) electrons. The molecule has 1 saturated heterocycles. The highest BCUT2D eigenvalue weighted by Gasteiger charge is 2.23. The Morgan fingerprint density at radius 2 is 1.81 bits per heavy atom. The number of nitrogens with zero attached hydrogens (tertiary/aromatic N) is 3. The zero-order valence-electron chi connectivity index (χ0n) is 18.6. The minimum absolute atomic E-state index is 0.116. The van der Waals surface area contributed by atoms with Gasteiger partial charge in [0, 0.05) is 67.5 Å². The third kappa shape index (κ3) is 4.35. The first kappa shape index (κ1) is 20.5. The van der Waals surface area contributed by atoms with Crippen LogP contribution < -0.4 is 4.74 Å². The van der Waals surface area contributed by atoms with Crippen LogP contribution in [0.2, 0.25) is 0 Å². The average molecular weight is 422 g/mol. The van der Waals surface area contributed by atoms with E-state index < -0.39 is 0 Å². The van der Waals surface area contributed by atoms with Crippen molar-refractivity contribution in [1.29, 1.82) is 0 Å². The van der Waals surface area contributed by atoms with Crippen molar-refractivity contribution in [2.45, 2.75) is 58.5 Å². The van der Waals surface area contributed by atoms with Gasteiger partial charge in [-0.15, -0.1) is 0 Å². The van der Waals surface area contributed by atoms with Crippen molar-refractivity contribution in [3.8, 4) is 5.75 Å². The number of benzene rings is 2. The number of fused-ring (bicyclic) bond motifs is 3. The van der Waals surface area contributed by atoms with Gasteiger partial charge in [-0.3, -0.25) is 4.90 Å². The smallest absolute Gasteiger partial charge is 0.127 e. The molecule has 0 N–H and O–H groups in total. The number of hydrogen-bond acceptors (Lipinski definition) is 3. The van der Waals surface area contributed by atoms with E-state index in [9.17, 15) is 4.39 Å². The Bertz CT molecular complexity index is 1050. The third-order valence-electron chi connectivity index (χ3n) is 6.85. The van der Waals surface area contributed by atoms with Crippen LogP contribution in [0, 0.1) is 5.82 Å². The van der Waals surface area contributed by atoms with E-state index in [1.807, 2.05) is 12.1 Å². The van der Waals surface area contributed by atoms with Gasteiger partial charge in [-0.05, 0) is 57.0 Å². The summed E-state index contributed by atoms with van der Waals surface area (Å²) in [4.78, 5) is 4.85. The van der Waals surface area contributed by atoms with Crippen molar-refractivity contribution < 1.29 is 9.13 Å². The van der Waals surface area contributed by atoms with Gasteiger partial charge >= 0.3 is 0 Å². The Morgan fingerprint density at radius 1 is 1.00 bits per heavy atom. The lowest BCUT2D eigenvalue weighted by atomic mass is 10.1. The zero-order valence-corrected chi connectivity index (χ0v) is 18.6. The number of likely N-dealkylation sites (tertiary alicyclic amines) is 1. The summed E-state index contributed by atoms with van der Waals surface area (Å²) in [6.07, 6.45) is 2.49. The molecule has 3 heterocycles. The molecule has 3 aromatic rings. The van der Waals surface area contributed by atoms with Gasteiger partial charge in [-0.1, -0.05) is 18.2 Å². The standard InChI is InChI=1S/C26H32FN3O/c1-19(2)29-11-9-23(10-12-29)31-24-7-8-26-21(16-24)15-22-18-28(13-14-30(22)26)17-20-5-3-4-6-25(20)27/h3-8,15-16,19,23H,9-14,17-18H2,1-2H3. The summed E-state index contributed by atoms with van der Waals surface area (Å²) in [5.41, 5.74) is 3.33. The van der Waals surface area contributed by atoms with E-state index in [-0.39, 0.29) is 5.82 Å². The van der Waals surface area contributed by atoms with Crippen LogP contribution in [-0.2, 0) is 19.6 Å². The quantitative estimate of drug-likeness (QED) is 0.575. The highest BCUT2D eigenvalue weighted by atomic mass is 19.1. The first-order valence-corrected chi connectivity index (χ1v) is 11.6. The van der Waals surface area contributed by atoms with Crippen LogP contribution >= 0.6 is 0 Å². The lowest BCUT2D eigenvalue weighted by molar-refractivity contribution is 0.0844. The molecule has 0 atom stereocenters. The normalized spacial score (nSPS) is 18.6. The molecule has 2 aromatic carbocycles. The molecular formula is C26H32FN3O. The summed E-state index contributed by atoms with van der Waals surface area (Å²) in [6.45, 7) is 10.1. The van der Waals surface area contributed by atoms with Gasteiger partial charge in [-0.25, -0.2) is 4.39 Å². The van der Waals surface area contributed by atoms with Crippen LogP contribution in [-0.4, -0.2) is 46.1 Å². The molecule has 4 nitrogen and oxygen atoms in total. The van der Waals surface area contributed by atoms with Crippen molar-refractivity contribution in [3.05, 3.63) is 65.6 Å². The first-order valence-electron chi connectivity index (χ1n) is 11.6. The van der Waals surface area contributed by atoms with E-state index in [0.29, 0.717) is 18.7 Å². The molecule has 0 aliphatic carbocycles. The highest BCUT2D eigenvalue weighted by Crippen LogP contribution is 2.29. The second kappa shape index (κ2) is 8.64. The van der Waals surface area contributed by atoms with E-state index in [0.717, 1.165) is 56.9 Å². The molecule has 0 unspecified atom stereocenters. The Labute approximate surface area is 184 Å². The molecule has 5 heteroatoms. The van der Waals surface area contributed by atoms with E-state index in [1.165, 1.54) is 16.6 Å². The molecule has 1 fully saturated rings. The molecule has 0 spiro atoms. The maximum absolute atomic E-state index is 14.1. The number of hydrogen-bond donors (Lipinski definition) is 0. The summed E-state index contributed by atoms with van der Waals surface area (Å²) < 4.78 is 22.8. The Morgan fingerprint density at radius 3 is 2.58 bits per heavy atom. The number of piperidine rings is 1. The van der Waals surface area contributed by atoms with Crippen LogP contribution in [0.15, 0.2) is 48.5 Å². The van der Waals surface area contributed by atoms with Crippen molar-refractivity contribution >= 4 is 10.9 Å². The molecule has 164 valence electrons. The van der Waals surface area contributed by atoms with Crippen molar-refractivity contribution in [2.75, 3.05) is 19.6 Å². The third-order valence-corrected chi connectivity index (χ3v) is 6.85. The lowest BCUT2D eigenvalue weighted by Gasteiger charge is -2.34. The summed E-state index contributed by atoms with van der Waals surface area (Å²) >= 11 is 0.